The molecule has 0 saturated carbocycles. The molecule has 1 fully saturated rings. The number of halogens is 1. The molecule has 0 bridgehead atoms. The second-order valence-electron chi connectivity index (χ2n) is 4.86. The number of carbonyl (C=O) groups is 1. The summed E-state index contributed by atoms with van der Waals surface area (Å²) < 4.78 is 13.2. The Balaban J connectivity index is 1.99. The smallest absolute Gasteiger partial charge is 0.251 e. The first-order chi connectivity index (χ1) is 8.48. The molecule has 0 aromatic heterocycles. The fraction of sp³-hybridized carbons (Fsp3) is 0.462. The van der Waals surface area contributed by atoms with E-state index in [1.807, 2.05) is 11.8 Å². The number of anilines is 1. The van der Waals surface area contributed by atoms with Crippen LogP contribution in [0.1, 0.15) is 30.1 Å². The van der Waals surface area contributed by atoms with Crippen molar-refractivity contribution in [2.75, 3.05) is 18.0 Å². The van der Waals surface area contributed by atoms with Crippen LogP contribution in [0.4, 0.5) is 10.1 Å². The summed E-state index contributed by atoms with van der Waals surface area (Å²) in [7, 11) is 0. The number of nitrogens with two attached hydrogens (primary N) is 1. The van der Waals surface area contributed by atoms with Gasteiger partial charge in [0, 0.05) is 22.5 Å². The Bertz CT molecular complexity index is 438. The summed E-state index contributed by atoms with van der Waals surface area (Å²) in [4.78, 5) is 11.9. The highest BCUT2D eigenvalue weighted by Crippen LogP contribution is 2.36. The van der Waals surface area contributed by atoms with E-state index < -0.39 is 5.82 Å². The molecule has 1 amide bonds. The number of rotatable bonds is 3. The Kier molecular flexibility index (Phi) is 3.80. The van der Waals surface area contributed by atoms with E-state index >= 15 is 0 Å². The predicted molar refractivity (Wildman–Crippen MR) is 73.2 cm³/mol. The number of amides is 1. The summed E-state index contributed by atoms with van der Waals surface area (Å²) in [5.41, 5.74) is 6.06. The predicted octanol–water partition coefficient (Wildman–Crippen LogP) is 2.42. The molecular weight excluding hydrogens is 251 g/mol. The average Bonchev–Trinajstić information content (AvgIpc) is 2.72. The number of hydrogen-bond acceptors (Lipinski definition) is 3. The molecule has 3 nitrogen and oxygen atoms in total. The fourth-order valence-electron chi connectivity index (χ4n) is 2.09. The zero-order chi connectivity index (χ0) is 13.2. The standard InChI is InChI=1S/C13H17FN2OS/c1-13(3-2-4-18-13)8-16-12(17)9-5-10(14)7-11(15)6-9/h5-7H,2-4,8,15H2,1H3,(H,16,17). The van der Waals surface area contributed by atoms with Gasteiger partial charge in [-0.3, -0.25) is 4.79 Å². The van der Waals surface area contributed by atoms with E-state index in [1.165, 1.54) is 24.6 Å². The van der Waals surface area contributed by atoms with E-state index in [1.54, 1.807) is 0 Å². The Morgan fingerprint density at radius 3 is 2.94 bits per heavy atom. The first-order valence-corrected chi connectivity index (χ1v) is 6.95. The second kappa shape index (κ2) is 5.18. The molecule has 1 saturated heterocycles. The van der Waals surface area contributed by atoms with Gasteiger partial charge < -0.3 is 11.1 Å². The topological polar surface area (TPSA) is 55.1 Å². The van der Waals surface area contributed by atoms with Gasteiger partial charge in [0.15, 0.2) is 0 Å². The van der Waals surface area contributed by atoms with E-state index in [2.05, 4.69) is 12.2 Å². The maximum atomic E-state index is 13.1. The Morgan fingerprint density at radius 1 is 1.56 bits per heavy atom. The van der Waals surface area contributed by atoms with Crippen molar-refractivity contribution >= 4 is 23.4 Å². The highest BCUT2D eigenvalue weighted by atomic mass is 32.2. The zero-order valence-corrected chi connectivity index (χ0v) is 11.1. The van der Waals surface area contributed by atoms with Gasteiger partial charge in [0.1, 0.15) is 5.82 Å². The van der Waals surface area contributed by atoms with E-state index in [9.17, 15) is 9.18 Å². The van der Waals surface area contributed by atoms with Crippen LogP contribution in [0.2, 0.25) is 0 Å². The summed E-state index contributed by atoms with van der Waals surface area (Å²) in [5, 5.41) is 2.85. The van der Waals surface area contributed by atoms with Crippen LogP contribution in [-0.2, 0) is 0 Å². The van der Waals surface area contributed by atoms with Gasteiger partial charge in [-0.05, 0) is 43.7 Å². The zero-order valence-electron chi connectivity index (χ0n) is 10.3. The lowest BCUT2D eigenvalue weighted by atomic mass is 10.1. The quantitative estimate of drug-likeness (QED) is 0.828. The van der Waals surface area contributed by atoms with Crippen LogP contribution in [0.5, 0.6) is 0 Å². The molecule has 98 valence electrons. The molecule has 1 aliphatic rings. The fourth-order valence-corrected chi connectivity index (χ4v) is 3.33. The van der Waals surface area contributed by atoms with Crippen LogP contribution >= 0.6 is 11.8 Å². The third-order valence-corrected chi connectivity index (χ3v) is 4.64. The van der Waals surface area contributed by atoms with Crippen LogP contribution in [0.25, 0.3) is 0 Å². The van der Waals surface area contributed by atoms with Gasteiger partial charge in [-0.1, -0.05) is 0 Å². The van der Waals surface area contributed by atoms with Crippen molar-refractivity contribution in [2.45, 2.75) is 24.5 Å². The SMILES string of the molecule is CC1(CNC(=O)c2cc(N)cc(F)c2)CCCS1. The third kappa shape index (κ3) is 3.16. The van der Waals surface area contributed by atoms with E-state index in [-0.39, 0.29) is 21.9 Å². The Labute approximate surface area is 110 Å². The summed E-state index contributed by atoms with van der Waals surface area (Å²) >= 11 is 1.87. The molecule has 1 unspecified atom stereocenters. The van der Waals surface area contributed by atoms with Crippen LogP contribution in [0.15, 0.2) is 18.2 Å². The van der Waals surface area contributed by atoms with Gasteiger partial charge in [0.2, 0.25) is 0 Å². The Hall–Kier alpha value is -1.23. The molecule has 0 radical (unpaired) electrons. The lowest BCUT2D eigenvalue weighted by Crippen LogP contribution is -2.36. The van der Waals surface area contributed by atoms with Gasteiger partial charge in [0.25, 0.3) is 5.91 Å². The van der Waals surface area contributed by atoms with Gasteiger partial charge in [-0.2, -0.15) is 11.8 Å². The molecule has 0 aliphatic carbocycles. The van der Waals surface area contributed by atoms with Crippen molar-refractivity contribution in [3.8, 4) is 0 Å². The number of benzene rings is 1. The van der Waals surface area contributed by atoms with Crippen LogP contribution in [0, 0.1) is 5.82 Å². The van der Waals surface area contributed by atoms with Gasteiger partial charge in [-0.25, -0.2) is 4.39 Å². The second-order valence-corrected chi connectivity index (χ2v) is 6.54. The minimum absolute atomic E-state index is 0.106. The summed E-state index contributed by atoms with van der Waals surface area (Å²) in [5.74, 6) is 0.385. The van der Waals surface area contributed by atoms with Crippen molar-refractivity contribution in [3.05, 3.63) is 29.6 Å². The highest BCUT2D eigenvalue weighted by Gasteiger charge is 2.29. The minimum atomic E-state index is -0.485. The molecule has 1 atom stereocenters. The number of carbonyl (C=O) groups excluding carboxylic acids is 1. The first-order valence-electron chi connectivity index (χ1n) is 5.97. The van der Waals surface area contributed by atoms with Gasteiger partial charge in [-0.15, -0.1) is 0 Å². The number of nitrogen functional groups attached to an aromatic ring is 1. The lowest BCUT2D eigenvalue weighted by molar-refractivity contribution is 0.0949. The Morgan fingerprint density at radius 2 is 2.33 bits per heavy atom. The van der Waals surface area contributed by atoms with Crippen molar-refractivity contribution in [1.29, 1.82) is 0 Å². The normalized spacial score (nSPS) is 23.0. The molecule has 1 heterocycles. The summed E-state index contributed by atoms with van der Waals surface area (Å²) in [6.45, 7) is 2.75. The molecule has 1 aromatic carbocycles. The van der Waals surface area contributed by atoms with E-state index in [0.29, 0.717) is 6.54 Å². The van der Waals surface area contributed by atoms with Crippen molar-refractivity contribution < 1.29 is 9.18 Å². The molecule has 5 heteroatoms. The largest absolute Gasteiger partial charge is 0.399 e. The molecule has 1 aromatic rings. The van der Waals surface area contributed by atoms with E-state index in [0.717, 1.165) is 12.2 Å². The van der Waals surface area contributed by atoms with Crippen LogP contribution < -0.4 is 11.1 Å². The van der Waals surface area contributed by atoms with Gasteiger partial charge >= 0.3 is 0 Å². The maximum absolute atomic E-state index is 13.1. The van der Waals surface area contributed by atoms with Crippen molar-refractivity contribution in [1.82, 2.24) is 5.32 Å². The molecule has 0 spiro atoms. The maximum Gasteiger partial charge on any atom is 0.251 e. The third-order valence-electron chi connectivity index (χ3n) is 3.11. The van der Waals surface area contributed by atoms with Gasteiger partial charge in [0.05, 0.1) is 0 Å². The van der Waals surface area contributed by atoms with E-state index in [4.69, 9.17) is 5.73 Å². The van der Waals surface area contributed by atoms with Crippen LogP contribution in [0.3, 0.4) is 0 Å². The first kappa shape index (κ1) is 13.2. The summed E-state index contributed by atoms with van der Waals surface area (Å²) in [6, 6.07) is 3.89. The summed E-state index contributed by atoms with van der Waals surface area (Å²) in [6.07, 6.45) is 2.28. The molecule has 3 N–H and O–H groups in total. The molecule has 2 rings (SSSR count). The number of nitrogens with one attached hydrogen (secondary N) is 1. The molecular formula is C13H17FN2OS. The van der Waals surface area contributed by atoms with Crippen LogP contribution in [-0.4, -0.2) is 23.0 Å². The number of thioether (sulfide) groups is 1. The lowest BCUT2D eigenvalue weighted by Gasteiger charge is -2.22. The minimum Gasteiger partial charge on any atom is -0.399 e. The molecule has 18 heavy (non-hydrogen) atoms. The number of hydrogen-bond donors (Lipinski definition) is 2. The average molecular weight is 268 g/mol. The van der Waals surface area contributed by atoms with Crippen molar-refractivity contribution in [2.24, 2.45) is 0 Å². The monoisotopic (exact) mass is 268 g/mol. The molecule has 1 aliphatic heterocycles. The highest BCUT2D eigenvalue weighted by molar-refractivity contribution is 8.00. The van der Waals surface area contributed by atoms with Crippen molar-refractivity contribution in [3.63, 3.8) is 0 Å².